The van der Waals surface area contributed by atoms with Crippen molar-refractivity contribution < 1.29 is 14.3 Å². The van der Waals surface area contributed by atoms with E-state index in [-0.39, 0.29) is 0 Å². The van der Waals surface area contributed by atoms with Gasteiger partial charge in [-0.15, -0.1) is 11.3 Å². The molecule has 1 aromatic carbocycles. The van der Waals surface area contributed by atoms with Gasteiger partial charge in [0, 0.05) is 4.88 Å². The van der Waals surface area contributed by atoms with Crippen molar-refractivity contribution in [2.45, 2.75) is 45.1 Å². The fraction of sp³-hybridized carbons (Fsp3) is 0.350. The summed E-state index contributed by atoms with van der Waals surface area (Å²) in [6, 6.07) is 7.60. The molecule has 2 aliphatic rings. The number of carbonyl (C=O) groups is 2. The molecule has 1 aromatic heterocycles. The van der Waals surface area contributed by atoms with Crippen LogP contribution in [0.5, 0.6) is 5.75 Å². The number of hydrogen-bond donors (Lipinski definition) is 2. The van der Waals surface area contributed by atoms with Crippen LogP contribution in [0.2, 0.25) is 0 Å². The lowest BCUT2D eigenvalue weighted by atomic mass is 9.96. The molecule has 138 valence electrons. The van der Waals surface area contributed by atoms with Crippen molar-refractivity contribution in [1.29, 1.82) is 5.26 Å². The van der Waals surface area contributed by atoms with E-state index in [0.717, 1.165) is 41.7 Å². The monoisotopic (exact) mass is 381 g/mol. The smallest absolute Gasteiger partial charge is 0.278 e. The molecule has 0 radical (unpaired) electrons. The number of rotatable bonds is 2. The third-order valence-corrected chi connectivity index (χ3v) is 6.28. The van der Waals surface area contributed by atoms with Crippen LogP contribution >= 0.6 is 11.3 Å². The van der Waals surface area contributed by atoms with Crippen LogP contribution in [0.4, 0.5) is 10.7 Å². The molecule has 2 heterocycles. The zero-order valence-electron chi connectivity index (χ0n) is 15.1. The molecule has 1 atom stereocenters. The molecule has 1 unspecified atom stereocenters. The Labute approximate surface area is 161 Å². The SMILES string of the molecule is Cc1ccc2c(c1)NC(=O)C(C)(C(=O)Nc1sc3c(c1C#N)CCCC3)O2. The number of fused-ring (bicyclic) bond motifs is 2. The number of carbonyl (C=O) groups excluding carboxylic acids is 2. The van der Waals surface area contributed by atoms with Crippen molar-refractivity contribution in [2.24, 2.45) is 0 Å². The predicted octanol–water partition coefficient (Wildman–Crippen LogP) is 3.54. The van der Waals surface area contributed by atoms with Gasteiger partial charge in [-0.05, 0) is 62.8 Å². The van der Waals surface area contributed by atoms with Crippen LogP contribution in [-0.2, 0) is 22.4 Å². The standard InChI is InChI=1S/C20H19N3O3S/c1-11-7-8-15-14(9-11)22-18(24)20(2,26-15)19(25)23-17-13(10-21)12-5-3-4-6-16(12)27-17/h7-9H,3-6H2,1-2H3,(H,22,24)(H,23,25). The maximum absolute atomic E-state index is 13.0. The largest absolute Gasteiger partial charge is 0.466 e. The molecule has 6 nitrogen and oxygen atoms in total. The van der Waals surface area contributed by atoms with E-state index in [1.807, 2.05) is 13.0 Å². The van der Waals surface area contributed by atoms with Gasteiger partial charge in [0.2, 0.25) is 0 Å². The minimum atomic E-state index is -1.71. The Morgan fingerprint density at radius 1 is 1.37 bits per heavy atom. The molecule has 0 saturated carbocycles. The highest BCUT2D eigenvalue weighted by molar-refractivity contribution is 7.16. The van der Waals surface area contributed by atoms with Gasteiger partial charge in [0.1, 0.15) is 16.8 Å². The van der Waals surface area contributed by atoms with E-state index in [1.165, 1.54) is 18.3 Å². The number of benzene rings is 1. The van der Waals surface area contributed by atoms with Crippen molar-refractivity contribution in [3.05, 3.63) is 39.8 Å². The number of thiophene rings is 1. The lowest BCUT2D eigenvalue weighted by molar-refractivity contribution is -0.143. The second-order valence-electron chi connectivity index (χ2n) is 7.07. The Kier molecular flexibility index (Phi) is 4.16. The topological polar surface area (TPSA) is 91.2 Å². The second-order valence-corrected chi connectivity index (χ2v) is 8.18. The first kappa shape index (κ1) is 17.6. The number of nitrogens with one attached hydrogen (secondary N) is 2. The summed E-state index contributed by atoms with van der Waals surface area (Å²) >= 11 is 1.42. The molecule has 4 rings (SSSR count). The van der Waals surface area contributed by atoms with E-state index in [0.29, 0.717) is 22.0 Å². The average Bonchev–Trinajstić information content (AvgIpc) is 3.00. The molecule has 2 amide bonds. The van der Waals surface area contributed by atoms with Gasteiger partial charge >= 0.3 is 0 Å². The van der Waals surface area contributed by atoms with Crippen molar-refractivity contribution in [1.82, 2.24) is 0 Å². The summed E-state index contributed by atoms with van der Waals surface area (Å²) in [6.07, 6.45) is 3.91. The van der Waals surface area contributed by atoms with Crippen LogP contribution in [0.25, 0.3) is 0 Å². The quantitative estimate of drug-likeness (QED) is 0.779. The van der Waals surface area contributed by atoms with E-state index in [4.69, 9.17) is 4.74 Å². The number of anilines is 2. The second kappa shape index (κ2) is 6.39. The van der Waals surface area contributed by atoms with E-state index >= 15 is 0 Å². The highest BCUT2D eigenvalue weighted by Crippen LogP contribution is 2.39. The van der Waals surface area contributed by atoms with Gasteiger partial charge in [-0.3, -0.25) is 9.59 Å². The molecule has 2 aromatic rings. The van der Waals surface area contributed by atoms with Crippen molar-refractivity contribution in [2.75, 3.05) is 10.6 Å². The highest BCUT2D eigenvalue weighted by Gasteiger charge is 2.47. The molecule has 27 heavy (non-hydrogen) atoms. The Morgan fingerprint density at radius 3 is 2.93 bits per heavy atom. The van der Waals surface area contributed by atoms with E-state index in [1.54, 1.807) is 12.1 Å². The van der Waals surface area contributed by atoms with Gasteiger partial charge < -0.3 is 15.4 Å². The minimum absolute atomic E-state index is 0.448. The lowest BCUT2D eigenvalue weighted by Crippen LogP contribution is -2.56. The highest BCUT2D eigenvalue weighted by atomic mass is 32.1. The predicted molar refractivity (Wildman–Crippen MR) is 103 cm³/mol. The van der Waals surface area contributed by atoms with Gasteiger partial charge in [0.25, 0.3) is 17.4 Å². The summed E-state index contributed by atoms with van der Waals surface area (Å²) in [5.74, 6) is -0.664. The molecule has 0 bridgehead atoms. The van der Waals surface area contributed by atoms with E-state index < -0.39 is 17.4 Å². The molecule has 0 saturated heterocycles. The number of aryl methyl sites for hydroxylation is 2. The number of hydrogen-bond acceptors (Lipinski definition) is 5. The number of nitrogens with zero attached hydrogens (tertiary/aromatic N) is 1. The Balaban J connectivity index is 1.63. The number of amides is 2. The van der Waals surface area contributed by atoms with Crippen molar-refractivity contribution in [3.63, 3.8) is 0 Å². The maximum atomic E-state index is 13.0. The number of nitriles is 1. The van der Waals surface area contributed by atoms with Crippen LogP contribution in [0, 0.1) is 18.3 Å². The summed E-state index contributed by atoms with van der Waals surface area (Å²) < 4.78 is 5.79. The first-order valence-corrected chi connectivity index (χ1v) is 9.71. The fourth-order valence-corrected chi connectivity index (χ4v) is 4.72. The van der Waals surface area contributed by atoms with Gasteiger partial charge in [0.15, 0.2) is 0 Å². The molecule has 0 spiro atoms. The normalized spacial score (nSPS) is 20.6. The van der Waals surface area contributed by atoms with Crippen LogP contribution in [0.1, 0.15) is 41.3 Å². The third-order valence-electron chi connectivity index (χ3n) is 5.07. The maximum Gasteiger partial charge on any atom is 0.278 e. The Morgan fingerprint density at radius 2 is 2.15 bits per heavy atom. The van der Waals surface area contributed by atoms with Crippen LogP contribution < -0.4 is 15.4 Å². The molecular formula is C20H19N3O3S. The van der Waals surface area contributed by atoms with Gasteiger partial charge in [-0.2, -0.15) is 5.26 Å². The molecule has 2 N–H and O–H groups in total. The summed E-state index contributed by atoms with van der Waals surface area (Å²) in [7, 11) is 0. The van der Waals surface area contributed by atoms with Gasteiger partial charge in [0.05, 0.1) is 11.3 Å². The third kappa shape index (κ3) is 2.86. The zero-order chi connectivity index (χ0) is 19.2. The summed E-state index contributed by atoms with van der Waals surface area (Å²) in [5, 5.41) is 15.6. The number of ether oxygens (including phenoxy) is 1. The average molecular weight is 381 g/mol. The first-order valence-electron chi connectivity index (χ1n) is 8.89. The van der Waals surface area contributed by atoms with Crippen LogP contribution in [-0.4, -0.2) is 17.4 Å². The van der Waals surface area contributed by atoms with Crippen molar-refractivity contribution >= 4 is 33.8 Å². The van der Waals surface area contributed by atoms with Crippen LogP contribution in [0.15, 0.2) is 18.2 Å². The summed E-state index contributed by atoms with van der Waals surface area (Å²) in [6.45, 7) is 3.36. The molecule has 0 fully saturated rings. The molecule has 1 aliphatic heterocycles. The summed E-state index contributed by atoms with van der Waals surface area (Å²) in [4.78, 5) is 26.7. The zero-order valence-corrected chi connectivity index (χ0v) is 16.0. The van der Waals surface area contributed by atoms with Gasteiger partial charge in [-0.1, -0.05) is 6.07 Å². The van der Waals surface area contributed by atoms with E-state index in [9.17, 15) is 14.9 Å². The Bertz CT molecular complexity index is 1000. The van der Waals surface area contributed by atoms with Crippen LogP contribution in [0.3, 0.4) is 0 Å². The summed E-state index contributed by atoms with van der Waals surface area (Å²) in [5.41, 5.74) is 1.37. The Hall–Kier alpha value is -2.85. The molecular weight excluding hydrogens is 362 g/mol. The van der Waals surface area contributed by atoms with Crippen molar-refractivity contribution in [3.8, 4) is 11.8 Å². The van der Waals surface area contributed by atoms with Gasteiger partial charge in [-0.25, -0.2) is 0 Å². The van der Waals surface area contributed by atoms with E-state index in [2.05, 4.69) is 16.7 Å². The first-order chi connectivity index (χ1) is 12.9. The fourth-order valence-electron chi connectivity index (χ4n) is 3.48. The lowest BCUT2D eigenvalue weighted by Gasteiger charge is -2.33. The molecule has 1 aliphatic carbocycles. The molecule has 7 heteroatoms. The minimum Gasteiger partial charge on any atom is -0.466 e.